The van der Waals surface area contributed by atoms with Crippen molar-refractivity contribution < 1.29 is 0 Å². The molecular formula is C10H12Cl3N. The second-order valence-corrected chi connectivity index (χ2v) is 4.06. The van der Waals surface area contributed by atoms with Crippen LogP contribution in [0.25, 0.3) is 0 Å². The summed E-state index contributed by atoms with van der Waals surface area (Å²) < 4.78 is 0. The number of nitrogens with one attached hydrogen (secondary N) is 1. The highest BCUT2D eigenvalue weighted by atomic mass is 35.5. The highest BCUT2D eigenvalue weighted by Crippen LogP contribution is 2.30. The van der Waals surface area contributed by atoms with Crippen LogP contribution in [0, 0.1) is 0 Å². The van der Waals surface area contributed by atoms with E-state index in [1.54, 1.807) is 0 Å². The molecule has 0 saturated carbocycles. The third-order valence-electron chi connectivity index (χ3n) is 2.39. The molecule has 4 heteroatoms. The molecule has 0 aliphatic carbocycles. The molecule has 0 amide bonds. The van der Waals surface area contributed by atoms with Crippen molar-refractivity contribution in [3.8, 4) is 0 Å². The van der Waals surface area contributed by atoms with E-state index in [4.69, 9.17) is 23.2 Å². The maximum atomic E-state index is 6.11. The van der Waals surface area contributed by atoms with E-state index in [-0.39, 0.29) is 12.4 Å². The smallest absolute Gasteiger partial charge is 0.0639 e. The third kappa shape index (κ3) is 2.34. The second-order valence-electron chi connectivity index (χ2n) is 3.28. The Morgan fingerprint density at radius 2 is 2.00 bits per heavy atom. The molecule has 1 nitrogen and oxygen atoms in total. The van der Waals surface area contributed by atoms with Gasteiger partial charge in [0.25, 0.3) is 0 Å². The number of hydrogen-bond acceptors (Lipinski definition) is 1. The average molecular weight is 253 g/mol. The van der Waals surface area contributed by atoms with E-state index in [0.29, 0.717) is 10.0 Å². The predicted molar refractivity (Wildman–Crippen MR) is 63.7 cm³/mol. The van der Waals surface area contributed by atoms with Crippen molar-refractivity contribution >= 4 is 35.6 Å². The van der Waals surface area contributed by atoms with E-state index in [0.717, 1.165) is 19.5 Å². The summed E-state index contributed by atoms with van der Waals surface area (Å²) in [6.45, 7) is 1.90. The van der Waals surface area contributed by atoms with Gasteiger partial charge in [0, 0.05) is 6.54 Å². The first-order chi connectivity index (χ1) is 6.29. The molecule has 1 aromatic carbocycles. The Hall–Kier alpha value is 0.0500. The topological polar surface area (TPSA) is 12.0 Å². The predicted octanol–water partition coefficient (Wildman–Crippen LogP) is 3.45. The molecule has 0 radical (unpaired) electrons. The van der Waals surface area contributed by atoms with Crippen LogP contribution in [-0.4, -0.2) is 6.54 Å². The molecular weight excluding hydrogens is 240 g/mol. The Kier molecular flexibility index (Phi) is 4.52. The van der Waals surface area contributed by atoms with Crippen LogP contribution in [0.5, 0.6) is 0 Å². The van der Waals surface area contributed by atoms with Gasteiger partial charge in [-0.3, -0.25) is 0 Å². The van der Waals surface area contributed by atoms with Crippen LogP contribution in [0.2, 0.25) is 10.0 Å². The summed E-state index contributed by atoms with van der Waals surface area (Å²) >= 11 is 12.1. The molecule has 2 rings (SSSR count). The number of rotatable bonds is 0. The molecule has 1 aromatic rings. The van der Waals surface area contributed by atoms with Crippen molar-refractivity contribution in [1.82, 2.24) is 5.32 Å². The van der Waals surface area contributed by atoms with Gasteiger partial charge >= 0.3 is 0 Å². The van der Waals surface area contributed by atoms with Crippen molar-refractivity contribution in [2.75, 3.05) is 6.54 Å². The zero-order valence-corrected chi connectivity index (χ0v) is 9.98. The fraction of sp³-hybridized carbons (Fsp3) is 0.400. The summed E-state index contributed by atoms with van der Waals surface area (Å²) in [5.74, 6) is 0. The van der Waals surface area contributed by atoms with Gasteiger partial charge in [-0.2, -0.15) is 0 Å². The highest BCUT2D eigenvalue weighted by Gasteiger charge is 2.12. The maximum absolute atomic E-state index is 6.11. The molecule has 0 fully saturated rings. The Morgan fingerprint density at radius 1 is 1.21 bits per heavy atom. The van der Waals surface area contributed by atoms with Gasteiger partial charge in [0.1, 0.15) is 0 Å². The fourth-order valence-electron chi connectivity index (χ4n) is 1.68. The summed E-state index contributed by atoms with van der Waals surface area (Å²) in [7, 11) is 0. The minimum Gasteiger partial charge on any atom is -0.313 e. The van der Waals surface area contributed by atoms with Crippen molar-refractivity contribution in [3.05, 3.63) is 33.3 Å². The Labute approximate surface area is 100 Å². The summed E-state index contributed by atoms with van der Waals surface area (Å²) in [5.41, 5.74) is 2.51. The SMILES string of the molecule is Cl.Clc1ccc2c(c1Cl)CNCCC2. The summed E-state index contributed by atoms with van der Waals surface area (Å²) in [5, 5.41) is 4.70. The van der Waals surface area contributed by atoms with Crippen LogP contribution >= 0.6 is 35.6 Å². The van der Waals surface area contributed by atoms with E-state index in [1.807, 2.05) is 6.07 Å². The molecule has 14 heavy (non-hydrogen) atoms. The van der Waals surface area contributed by atoms with Gasteiger partial charge in [-0.25, -0.2) is 0 Å². The number of hydrogen-bond donors (Lipinski definition) is 1. The average Bonchev–Trinajstić information content (AvgIpc) is 2.36. The molecule has 0 bridgehead atoms. The van der Waals surface area contributed by atoms with Gasteiger partial charge in [0.2, 0.25) is 0 Å². The Morgan fingerprint density at radius 3 is 2.79 bits per heavy atom. The molecule has 0 saturated heterocycles. The molecule has 1 aliphatic rings. The lowest BCUT2D eigenvalue weighted by atomic mass is 10.0. The summed E-state index contributed by atoms with van der Waals surface area (Å²) in [6.07, 6.45) is 2.27. The van der Waals surface area contributed by atoms with Crippen molar-refractivity contribution in [2.45, 2.75) is 19.4 Å². The van der Waals surface area contributed by atoms with Crippen LogP contribution in [0.15, 0.2) is 12.1 Å². The summed E-state index contributed by atoms with van der Waals surface area (Å²) in [4.78, 5) is 0. The fourth-order valence-corrected chi connectivity index (χ4v) is 2.10. The van der Waals surface area contributed by atoms with Crippen molar-refractivity contribution in [3.63, 3.8) is 0 Å². The molecule has 1 aliphatic heterocycles. The number of fused-ring (bicyclic) bond motifs is 1. The lowest BCUT2D eigenvalue weighted by molar-refractivity contribution is 0.681. The Bertz CT molecular complexity index is 325. The standard InChI is InChI=1S/C10H11Cl2N.ClH/c11-9-4-3-7-2-1-5-13-6-8(7)10(9)12;/h3-4,13H,1-2,5-6H2;1H. The first kappa shape index (κ1) is 12.1. The molecule has 1 heterocycles. The van der Waals surface area contributed by atoms with Crippen molar-refractivity contribution in [1.29, 1.82) is 0 Å². The first-order valence-corrected chi connectivity index (χ1v) is 5.21. The first-order valence-electron chi connectivity index (χ1n) is 4.45. The van der Waals surface area contributed by atoms with Crippen molar-refractivity contribution in [2.24, 2.45) is 0 Å². The van der Waals surface area contributed by atoms with E-state index < -0.39 is 0 Å². The number of halogens is 3. The quantitative estimate of drug-likeness (QED) is 0.746. The molecule has 0 atom stereocenters. The molecule has 78 valence electrons. The van der Waals surface area contributed by atoms with Crippen LogP contribution in [0.3, 0.4) is 0 Å². The maximum Gasteiger partial charge on any atom is 0.0639 e. The minimum absolute atomic E-state index is 0. The van der Waals surface area contributed by atoms with E-state index in [9.17, 15) is 0 Å². The van der Waals surface area contributed by atoms with E-state index in [2.05, 4.69) is 11.4 Å². The lowest BCUT2D eigenvalue weighted by Crippen LogP contribution is -2.12. The van der Waals surface area contributed by atoms with E-state index in [1.165, 1.54) is 17.5 Å². The van der Waals surface area contributed by atoms with Gasteiger partial charge < -0.3 is 5.32 Å². The van der Waals surface area contributed by atoms with Gasteiger partial charge in [0.05, 0.1) is 10.0 Å². The van der Waals surface area contributed by atoms with Crippen LogP contribution in [0.1, 0.15) is 17.5 Å². The number of aryl methyl sites for hydroxylation is 1. The molecule has 0 spiro atoms. The highest BCUT2D eigenvalue weighted by molar-refractivity contribution is 6.42. The third-order valence-corrected chi connectivity index (χ3v) is 3.24. The Balaban J connectivity index is 0.000000980. The summed E-state index contributed by atoms with van der Waals surface area (Å²) in [6, 6.07) is 3.96. The zero-order chi connectivity index (χ0) is 9.26. The largest absolute Gasteiger partial charge is 0.313 e. The lowest BCUT2D eigenvalue weighted by Gasteiger charge is -2.08. The van der Waals surface area contributed by atoms with Crippen LogP contribution in [-0.2, 0) is 13.0 Å². The molecule has 0 unspecified atom stereocenters. The second kappa shape index (κ2) is 5.22. The zero-order valence-electron chi connectivity index (χ0n) is 7.65. The molecule has 1 N–H and O–H groups in total. The van der Waals surface area contributed by atoms with Gasteiger partial charge in [-0.05, 0) is 36.6 Å². The van der Waals surface area contributed by atoms with Crippen LogP contribution in [0.4, 0.5) is 0 Å². The van der Waals surface area contributed by atoms with Gasteiger partial charge in [0.15, 0.2) is 0 Å². The minimum atomic E-state index is 0. The van der Waals surface area contributed by atoms with Gasteiger partial charge in [-0.1, -0.05) is 29.3 Å². The normalized spacial score (nSPS) is 15.3. The van der Waals surface area contributed by atoms with E-state index >= 15 is 0 Å². The molecule has 0 aromatic heterocycles. The number of benzene rings is 1. The van der Waals surface area contributed by atoms with Gasteiger partial charge in [-0.15, -0.1) is 12.4 Å². The monoisotopic (exact) mass is 251 g/mol. The van der Waals surface area contributed by atoms with Crippen LogP contribution < -0.4 is 5.32 Å².